The molecular formula is C12Eu2O24Y2. The van der Waals surface area contributed by atoms with E-state index >= 15 is 0 Å². The molecule has 0 aliphatic rings. The number of hydrogen-bond acceptors (Lipinski definition) is 24. The van der Waals surface area contributed by atoms with Gasteiger partial charge in [-0.15, -0.1) is 0 Å². The van der Waals surface area contributed by atoms with E-state index < -0.39 is 71.6 Å². The number of carbonyl (C=O) groups excluding carboxylic acids is 12. The molecule has 40 heavy (non-hydrogen) atoms. The fraction of sp³-hybridized carbons (Fsp3) is 0. The first-order chi connectivity index (χ1) is 15.9. The van der Waals surface area contributed by atoms with Crippen molar-refractivity contribution in [2.75, 3.05) is 0 Å². The number of carboxylic acids is 12. The third-order valence-corrected chi connectivity index (χ3v) is 1.000. The van der Waals surface area contributed by atoms with Crippen LogP contribution < -0.4 is 61.3 Å². The van der Waals surface area contributed by atoms with Crippen molar-refractivity contribution in [3.63, 3.8) is 0 Å². The van der Waals surface area contributed by atoms with Crippen LogP contribution in [0.5, 0.6) is 0 Å². The molecule has 0 N–H and O–H groups in total. The van der Waals surface area contributed by atoms with Gasteiger partial charge in [-0.25, -0.2) is 0 Å². The van der Waals surface area contributed by atoms with Crippen LogP contribution in [0.4, 0.5) is 0 Å². The number of rotatable bonds is 0. The summed E-state index contributed by atoms with van der Waals surface area (Å²) in [4.78, 5) is 107. The van der Waals surface area contributed by atoms with Crippen molar-refractivity contribution in [3.05, 3.63) is 0 Å². The van der Waals surface area contributed by atoms with Crippen LogP contribution in [-0.4, -0.2) is 71.6 Å². The maximum atomic E-state index is 8.93. The van der Waals surface area contributed by atoms with Gasteiger partial charge in [0.05, 0.1) is 71.6 Å². The Morgan fingerprint density at radius 1 is 0.200 bits per heavy atom. The standard InChI is InChI=1S/6C2H2O4.2Eu.2Y/c6*3-1(4)2(5)6;;;;/h6*(H,3,4)(H,5,6);;;;/q;;;;;;4*+3/p-12. The summed E-state index contributed by atoms with van der Waals surface area (Å²) in [6.07, 6.45) is 0. The summed E-state index contributed by atoms with van der Waals surface area (Å²) >= 11 is 0. The van der Waals surface area contributed by atoms with Crippen LogP contribution in [0, 0.1) is 98.8 Å². The molecule has 0 unspecified atom stereocenters. The van der Waals surface area contributed by atoms with Crippen LogP contribution in [0.15, 0.2) is 0 Å². The van der Waals surface area contributed by atoms with Crippen LogP contribution in [-0.2, 0) is 123 Å². The molecule has 0 aliphatic carbocycles. The molecule has 0 fully saturated rings. The molecule has 0 radical (unpaired) electrons. The fourth-order valence-electron chi connectivity index (χ4n) is 0. The first kappa shape index (κ1) is 67.0. The molecule has 0 rings (SSSR count). The van der Waals surface area contributed by atoms with Crippen LogP contribution in [0.25, 0.3) is 0 Å². The average Bonchev–Trinajstić information content (AvgIpc) is 2.69. The Balaban J connectivity index is -0.0000000331. The van der Waals surface area contributed by atoms with Gasteiger partial charge < -0.3 is 119 Å². The molecule has 0 aromatic heterocycles. The first-order valence-corrected chi connectivity index (χ1v) is 6.40. The Kier molecular flexibility index (Phi) is 71.1. The van der Waals surface area contributed by atoms with Crippen molar-refractivity contribution >= 4 is 71.6 Å². The van der Waals surface area contributed by atoms with Gasteiger partial charge in [0, 0.05) is 0 Å². The number of aliphatic carboxylic acids is 12. The smallest absolute Gasteiger partial charge is 0.543 e. The van der Waals surface area contributed by atoms with E-state index in [2.05, 4.69) is 0 Å². The second-order valence-corrected chi connectivity index (χ2v) is 3.45. The zero-order valence-corrected chi connectivity index (χ0v) is 28.2. The number of carboxylic acid groups (broad SMARTS) is 12. The van der Waals surface area contributed by atoms with Gasteiger partial charge in [0.25, 0.3) is 0 Å². The average molecular weight is 1010 g/mol. The van der Waals surface area contributed by atoms with Crippen molar-refractivity contribution in [1.29, 1.82) is 0 Å². The van der Waals surface area contributed by atoms with Gasteiger partial charge in [0.2, 0.25) is 0 Å². The van der Waals surface area contributed by atoms with E-state index in [1.807, 2.05) is 0 Å². The summed E-state index contributed by atoms with van der Waals surface area (Å²) in [6.45, 7) is 0. The molecule has 0 saturated heterocycles. The molecule has 28 heteroatoms. The minimum Gasteiger partial charge on any atom is -0.543 e. The molecule has 0 bridgehead atoms. The Bertz CT molecular complexity index is 638. The third-order valence-electron chi connectivity index (χ3n) is 1.000. The monoisotopic (exact) mass is 1010 g/mol. The summed E-state index contributed by atoms with van der Waals surface area (Å²) in [5, 5.41) is 107. The van der Waals surface area contributed by atoms with E-state index in [0.717, 1.165) is 0 Å². The van der Waals surface area contributed by atoms with Gasteiger partial charge in [-0.1, -0.05) is 0 Å². The van der Waals surface area contributed by atoms with Crippen LogP contribution >= 0.6 is 0 Å². The molecule has 0 aromatic carbocycles. The van der Waals surface area contributed by atoms with Crippen LogP contribution in [0.1, 0.15) is 0 Å². The van der Waals surface area contributed by atoms with Crippen LogP contribution in [0.3, 0.4) is 0 Å². The molecule has 0 spiro atoms. The normalized spacial score (nSPS) is 6.60. The Morgan fingerprint density at radius 2 is 0.225 bits per heavy atom. The molecule has 0 heterocycles. The van der Waals surface area contributed by atoms with Crippen molar-refractivity contribution in [2.45, 2.75) is 0 Å². The largest absolute Gasteiger partial charge is 3.00 e. The van der Waals surface area contributed by atoms with E-state index in [4.69, 9.17) is 119 Å². The molecular weight excluding hydrogens is 1010 g/mol. The van der Waals surface area contributed by atoms with Gasteiger partial charge in [-0.05, 0) is 0 Å². The molecule has 0 amide bonds. The summed E-state index contributed by atoms with van der Waals surface area (Å²) < 4.78 is 0. The second-order valence-electron chi connectivity index (χ2n) is 3.45. The van der Waals surface area contributed by atoms with Crippen molar-refractivity contribution < 1.29 is 283 Å². The minimum absolute atomic E-state index is 0. The van der Waals surface area contributed by atoms with Crippen molar-refractivity contribution in [3.8, 4) is 0 Å². The second kappa shape index (κ2) is 42.5. The van der Waals surface area contributed by atoms with Gasteiger partial charge in [-0.3, -0.25) is 0 Å². The molecule has 0 aromatic rings. The Labute approximate surface area is 348 Å². The van der Waals surface area contributed by atoms with E-state index in [-0.39, 0.29) is 164 Å². The molecule has 0 atom stereocenters. The Hall–Kier alpha value is -0.983. The van der Waals surface area contributed by atoms with E-state index in [1.165, 1.54) is 0 Å². The van der Waals surface area contributed by atoms with Gasteiger partial charge in [0.1, 0.15) is 0 Å². The van der Waals surface area contributed by atoms with Crippen molar-refractivity contribution in [1.82, 2.24) is 0 Å². The summed E-state index contributed by atoms with van der Waals surface area (Å²) in [6, 6.07) is 0. The SMILES string of the molecule is O=C([O-])C(=O)[O-].O=C([O-])C(=O)[O-].O=C([O-])C(=O)[O-].O=C([O-])C(=O)[O-].O=C([O-])C(=O)[O-].O=C([O-])C(=O)[O-].[Eu+3].[Eu+3].[Y+3].[Y+3]. The zero-order chi connectivity index (χ0) is 30.9. The molecule has 24 nitrogen and oxygen atoms in total. The molecule has 0 saturated carbocycles. The van der Waals surface area contributed by atoms with Gasteiger partial charge in [-0.2, -0.15) is 0 Å². The van der Waals surface area contributed by atoms with Crippen LogP contribution in [0.2, 0.25) is 0 Å². The maximum absolute atomic E-state index is 8.93. The fourth-order valence-corrected chi connectivity index (χ4v) is 0. The summed E-state index contributed by atoms with van der Waals surface area (Å²) in [7, 11) is 0. The minimum atomic E-state index is -2.19. The number of carbonyl (C=O) groups is 12. The topological polar surface area (TPSA) is 482 Å². The van der Waals surface area contributed by atoms with E-state index in [9.17, 15) is 0 Å². The summed E-state index contributed by atoms with van der Waals surface area (Å²) in [5.74, 6) is -26.2. The summed E-state index contributed by atoms with van der Waals surface area (Å²) in [5.41, 5.74) is 0. The molecule has 0 aliphatic heterocycles. The predicted molar refractivity (Wildman–Crippen MR) is 60.1 cm³/mol. The first-order valence-electron chi connectivity index (χ1n) is 6.40. The van der Waals surface area contributed by atoms with Crippen molar-refractivity contribution in [2.24, 2.45) is 0 Å². The number of hydrogen-bond donors (Lipinski definition) is 0. The third kappa shape index (κ3) is 90.6. The predicted octanol–water partition coefficient (Wildman–Crippen LogP) is -21.1. The quantitative estimate of drug-likeness (QED) is 0.203. The van der Waals surface area contributed by atoms with E-state index in [1.54, 1.807) is 0 Å². The maximum Gasteiger partial charge on any atom is 3.00 e. The molecule has 212 valence electrons. The zero-order valence-electron chi connectivity index (χ0n) is 17.7. The Morgan fingerprint density at radius 3 is 0.225 bits per heavy atom. The van der Waals surface area contributed by atoms with Gasteiger partial charge >= 0.3 is 164 Å². The van der Waals surface area contributed by atoms with E-state index in [0.29, 0.717) is 0 Å². The van der Waals surface area contributed by atoms with Gasteiger partial charge in [0.15, 0.2) is 0 Å².